The van der Waals surface area contributed by atoms with Gasteiger partial charge in [0.05, 0.1) is 12.9 Å². The van der Waals surface area contributed by atoms with Crippen LogP contribution in [0.25, 0.3) is 0 Å². The number of benzene rings is 1. The average molecular weight is 355 g/mol. The quantitative estimate of drug-likeness (QED) is 0.687. The van der Waals surface area contributed by atoms with Crippen LogP contribution in [-0.4, -0.2) is 45.4 Å². The van der Waals surface area contributed by atoms with E-state index >= 15 is 0 Å². The first-order valence-corrected chi connectivity index (χ1v) is 8.51. The Morgan fingerprint density at radius 2 is 2.04 bits per heavy atom. The van der Waals surface area contributed by atoms with Gasteiger partial charge in [-0.1, -0.05) is 24.3 Å². The lowest BCUT2D eigenvalue weighted by molar-refractivity contribution is -0.126. The van der Waals surface area contributed by atoms with Gasteiger partial charge in [-0.2, -0.15) is 0 Å². The second kappa shape index (κ2) is 8.28. The summed E-state index contributed by atoms with van der Waals surface area (Å²) in [7, 11) is 0. The van der Waals surface area contributed by atoms with Crippen LogP contribution in [0.4, 0.5) is 4.79 Å². The maximum absolute atomic E-state index is 12.1. The highest BCUT2D eigenvalue weighted by Gasteiger charge is 2.27. The van der Waals surface area contributed by atoms with Crippen LogP contribution in [-0.2, 0) is 22.7 Å². The van der Waals surface area contributed by atoms with E-state index < -0.39 is 0 Å². The molecule has 0 radical (unpaired) electrons. The Bertz CT molecular complexity index is 772. The zero-order chi connectivity index (χ0) is 18.4. The van der Waals surface area contributed by atoms with Crippen molar-refractivity contribution in [2.75, 3.05) is 13.1 Å². The average Bonchev–Trinajstić information content (AvgIpc) is 3.26. The predicted molar refractivity (Wildman–Crippen MR) is 94.0 cm³/mol. The lowest BCUT2D eigenvalue weighted by Crippen LogP contribution is -2.32. The molecule has 0 saturated carbocycles. The second-order valence-electron chi connectivity index (χ2n) is 6.09. The summed E-state index contributed by atoms with van der Waals surface area (Å²) in [6.07, 6.45) is 6.09. The Labute approximate surface area is 151 Å². The SMILES string of the molecule is O=C(CCCN1C(=O)CNC1=O)NCc1ccccc1Cn1ccnc1. The summed E-state index contributed by atoms with van der Waals surface area (Å²) in [5.41, 5.74) is 2.16. The molecule has 26 heavy (non-hydrogen) atoms. The minimum absolute atomic E-state index is 0.0404. The van der Waals surface area contributed by atoms with Crippen LogP contribution in [0.5, 0.6) is 0 Å². The molecule has 4 amide bonds. The fourth-order valence-electron chi connectivity index (χ4n) is 2.82. The Kier molecular flexibility index (Phi) is 5.62. The monoisotopic (exact) mass is 355 g/mol. The van der Waals surface area contributed by atoms with Gasteiger partial charge in [-0.05, 0) is 17.5 Å². The molecule has 8 nitrogen and oxygen atoms in total. The molecule has 0 atom stereocenters. The molecule has 1 fully saturated rings. The number of hydrogen-bond acceptors (Lipinski definition) is 4. The number of urea groups is 1. The van der Waals surface area contributed by atoms with E-state index in [9.17, 15) is 14.4 Å². The van der Waals surface area contributed by atoms with Crippen LogP contribution in [0.15, 0.2) is 43.0 Å². The van der Waals surface area contributed by atoms with E-state index in [-0.39, 0.29) is 37.4 Å². The van der Waals surface area contributed by atoms with Crippen molar-refractivity contribution in [1.82, 2.24) is 25.1 Å². The predicted octanol–water partition coefficient (Wildman–Crippen LogP) is 0.880. The van der Waals surface area contributed by atoms with E-state index in [1.165, 1.54) is 0 Å². The molecule has 1 aromatic heterocycles. The molecule has 2 heterocycles. The van der Waals surface area contributed by atoms with E-state index in [0.717, 1.165) is 16.0 Å². The Morgan fingerprint density at radius 3 is 2.73 bits per heavy atom. The normalized spacial score (nSPS) is 13.8. The van der Waals surface area contributed by atoms with Gasteiger partial charge in [-0.3, -0.25) is 14.5 Å². The molecule has 2 aromatic rings. The molecule has 1 aromatic carbocycles. The lowest BCUT2D eigenvalue weighted by atomic mass is 10.1. The van der Waals surface area contributed by atoms with Crippen LogP contribution in [0.2, 0.25) is 0 Å². The fraction of sp³-hybridized carbons (Fsp3) is 0.333. The minimum Gasteiger partial charge on any atom is -0.352 e. The van der Waals surface area contributed by atoms with Crippen molar-refractivity contribution in [3.63, 3.8) is 0 Å². The number of carbonyl (C=O) groups is 3. The fourth-order valence-corrected chi connectivity index (χ4v) is 2.82. The molecule has 2 N–H and O–H groups in total. The van der Waals surface area contributed by atoms with Crippen LogP contribution in [0, 0.1) is 0 Å². The van der Waals surface area contributed by atoms with Gasteiger partial charge < -0.3 is 15.2 Å². The van der Waals surface area contributed by atoms with Gasteiger partial charge in [0.2, 0.25) is 11.8 Å². The summed E-state index contributed by atoms with van der Waals surface area (Å²) in [5, 5.41) is 5.36. The van der Waals surface area contributed by atoms with E-state index in [4.69, 9.17) is 0 Å². The summed E-state index contributed by atoms with van der Waals surface area (Å²) in [6.45, 7) is 1.43. The molecule has 0 bridgehead atoms. The van der Waals surface area contributed by atoms with Gasteiger partial charge in [-0.15, -0.1) is 0 Å². The first kappa shape index (κ1) is 17.7. The molecule has 136 valence electrons. The summed E-state index contributed by atoms with van der Waals surface area (Å²) in [5.74, 6) is -0.349. The van der Waals surface area contributed by atoms with E-state index in [2.05, 4.69) is 15.6 Å². The smallest absolute Gasteiger partial charge is 0.324 e. The molecule has 0 aliphatic carbocycles. The van der Waals surface area contributed by atoms with Crippen molar-refractivity contribution in [1.29, 1.82) is 0 Å². The van der Waals surface area contributed by atoms with Gasteiger partial charge in [-0.25, -0.2) is 9.78 Å². The van der Waals surface area contributed by atoms with Gasteiger partial charge in [0.15, 0.2) is 0 Å². The molecule has 1 aliphatic heterocycles. The molecule has 1 aliphatic rings. The van der Waals surface area contributed by atoms with Crippen molar-refractivity contribution in [2.45, 2.75) is 25.9 Å². The van der Waals surface area contributed by atoms with Crippen molar-refractivity contribution in [3.8, 4) is 0 Å². The number of imidazole rings is 1. The maximum atomic E-state index is 12.1. The number of imide groups is 1. The molecular formula is C18H21N5O3. The summed E-state index contributed by atoms with van der Waals surface area (Å²) >= 11 is 0. The summed E-state index contributed by atoms with van der Waals surface area (Å²) in [6, 6.07) is 7.54. The van der Waals surface area contributed by atoms with Crippen LogP contribution in [0.3, 0.4) is 0 Å². The Balaban J connectivity index is 1.46. The Morgan fingerprint density at radius 1 is 1.23 bits per heavy atom. The molecule has 3 rings (SSSR count). The third-order valence-electron chi connectivity index (χ3n) is 4.23. The molecule has 0 unspecified atom stereocenters. The van der Waals surface area contributed by atoms with Gasteiger partial charge in [0, 0.05) is 38.4 Å². The maximum Gasteiger partial charge on any atom is 0.324 e. The summed E-state index contributed by atoms with van der Waals surface area (Å²) in [4.78, 5) is 40.1. The first-order valence-electron chi connectivity index (χ1n) is 8.51. The van der Waals surface area contributed by atoms with E-state index in [0.29, 0.717) is 19.5 Å². The highest BCUT2D eigenvalue weighted by molar-refractivity contribution is 6.01. The van der Waals surface area contributed by atoms with Crippen molar-refractivity contribution < 1.29 is 14.4 Å². The number of carbonyl (C=O) groups excluding carboxylic acids is 3. The molecule has 8 heteroatoms. The molecule has 1 saturated heterocycles. The zero-order valence-corrected chi connectivity index (χ0v) is 14.4. The van der Waals surface area contributed by atoms with Crippen LogP contribution < -0.4 is 10.6 Å². The second-order valence-corrected chi connectivity index (χ2v) is 6.09. The number of rotatable bonds is 8. The largest absolute Gasteiger partial charge is 0.352 e. The topological polar surface area (TPSA) is 96.3 Å². The zero-order valence-electron chi connectivity index (χ0n) is 14.4. The van der Waals surface area contributed by atoms with Gasteiger partial charge >= 0.3 is 6.03 Å². The van der Waals surface area contributed by atoms with E-state index in [1.54, 1.807) is 12.5 Å². The number of amides is 4. The lowest BCUT2D eigenvalue weighted by Gasteiger charge is -2.13. The molecular weight excluding hydrogens is 334 g/mol. The van der Waals surface area contributed by atoms with Crippen molar-refractivity contribution >= 4 is 17.8 Å². The highest BCUT2D eigenvalue weighted by Crippen LogP contribution is 2.11. The Hall–Kier alpha value is -3.16. The number of aromatic nitrogens is 2. The van der Waals surface area contributed by atoms with E-state index in [1.807, 2.05) is 35.0 Å². The minimum atomic E-state index is -0.385. The van der Waals surface area contributed by atoms with Crippen molar-refractivity contribution in [3.05, 3.63) is 54.1 Å². The third kappa shape index (κ3) is 4.47. The van der Waals surface area contributed by atoms with Gasteiger partial charge in [0.25, 0.3) is 0 Å². The third-order valence-corrected chi connectivity index (χ3v) is 4.23. The van der Waals surface area contributed by atoms with Crippen LogP contribution >= 0.6 is 0 Å². The van der Waals surface area contributed by atoms with Gasteiger partial charge in [0.1, 0.15) is 0 Å². The number of hydrogen-bond donors (Lipinski definition) is 2. The standard InChI is InChI=1S/C18H21N5O3/c24-16(6-3-8-23-17(25)11-21-18(23)26)20-10-14-4-1-2-5-15(14)12-22-9-7-19-13-22/h1-2,4-5,7,9,13H,3,6,8,10-12H2,(H,20,24)(H,21,26). The highest BCUT2D eigenvalue weighted by atomic mass is 16.2. The van der Waals surface area contributed by atoms with Crippen LogP contribution in [0.1, 0.15) is 24.0 Å². The first-order chi connectivity index (χ1) is 12.6. The summed E-state index contributed by atoms with van der Waals surface area (Å²) < 4.78 is 1.97. The van der Waals surface area contributed by atoms with Crippen molar-refractivity contribution in [2.24, 2.45) is 0 Å². The molecule has 0 spiro atoms. The number of nitrogens with zero attached hydrogens (tertiary/aromatic N) is 3. The number of nitrogens with one attached hydrogen (secondary N) is 2.